The van der Waals surface area contributed by atoms with Crippen molar-refractivity contribution < 1.29 is 18.8 Å². The van der Waals surface area contributed by atoms with E-state index < -0.39 is 7.80 Å². The molecule has 0 N–H and O–H groups in total. The molecule has 0 aromatic rings. The van der Waals surface area contributed by atoms with Crippen LogP contribution >= 0.6 is 7.80 Å². The Morgan fingerprint density at radius 1 is 1.17 bits per heavy atom. The van der Waals surface area contributed by atoms with Crippen LogP contribution in [0, 0.1) is 0 Å². The molecule has 0 heterocycles. The minimum Gasteiger partial charge on any atom is -0.466 e. The smallest absolute Gasteiger partial charge is 0.370 e. The summed E-state index contributed by atoms with van der Waals surface area (Å²) < 4.78 is 22.2. The predicted molar refractivity (Wildman–Crippen MR) is 73.3 cm³/mol. The summed E-state index contributed by atoms with van der Waals surface area (Å²) in [5, 5.41) is 0. The third kappa shape index (κ3) is 9.55. The summed E-state index contributed by atoms with van der Waals surface area (Å²) in [6, 6.07) is 0. The highest BCUT2D eigenvalue weighted by Crippen LogP contribution is 2.29. The molecule has 0 aromatic carbocycles. The Hall–Kier alpha value is -0.470. The zero-order valence-corrected chi connectivity index (χ0v) is 12.7. The summed E-state index contributed by atoms with van der Waals surface area (Å²) in [7, 11) is -1.48. The maximum absolute atomic E-state index is 11.8. The zero-order chi connectivity index (χ0) is 13.8. The lowest BCUT2D eigenvalue weighted by Crippen LogP contribution is -2.10. The third-order valence-electron chi connectivity index (χ3n) is 2.56. The van der Waals surface area contributed by atoms with E-state index in [2.05, 4.69) is 6.92 Å². The van der Waals surface area contributed by atoms with Crippen LogP contribution in [0.2, 0.25) is 0 Å². The van der Waals surface area contributed by atoms with Gasteiger partial charge in [-0.1, -0.05) is 31.3 Å². The van der Waals surface area contributed by atoms with Crippen LogP contribution in [0.25, 0.3) is 0 Å². The number of unbranched alkanes of at least 4 members (excludes halogenated alkanes) is 2. The van der Waals surface area contributed by atoms with Crippen LogP contribution in [0.1, 0.15) is 52.9 Å². The van der Waals surface area contributed by atoms with Crippen molar-refractivity contribution in [3.63, 3.8) is 0 Å². The number of carbonyl (C=O) groups is 1. The molecular weight excluding hydrogens is 251 g/mol. The van der Waals surface area contributed by atoms with Gasteiger partial charge in [-0.3, -0.25) is 4.79 Å². The van der Waals surface area contributed by atoms with Crippen LogP contribution in [-0.2, 0) is 18.8 Å². The number of hydrogen-bond donors (Lipinski definition) is 0. The molecule has 0 aliphatic rings. The van der Waals surface area contributed by atoms with E-state index in [9.17, 15) is 9.36 Å². The van der Waals surface area contributed by atoms with Crippen LogP contribution in [0.4, 0.5) is 0 Å². The number of ether oxygens (including phenoxy) is 2. The Bertz CT molecular complexity index is 243. The average molecular weight is 277 g/mol. The fourth-order valence-corrected chi connectivity index (χ4v) is 2.31. The molecule has 0 radical (unpaired) electrons. The molecule has 0 saturated heterocycles. The van der Waals surface area contributed by atoms with Gasteiger partial charge in [-0.05, 0) is 12.8 Å². The highest BCUT2D eigenvalue weighted by Gasteiger charge is 2.26. The number of rotatable bonds is 11. The van der Waals surface area contributed by atoms with Crippen LogP contribution in [-0.4, -0.2) is 31.2 Å². The Kier molecular flexibility index (Phi) is 11.3. The predicted octanol–water partition coefficient (Wildman–Crippen LogP) is 3.71. The van der Waals surface area contributed by atoms with Gasteiger partial charge in [-0.15, -0.1) is 0 Å². The maximum Gasteiger partial charge on any atom is 0.370 e. The van der Waals surface area contributed by atoms with Gasteiger partial charge in [0.1, 0.15) is 0 Å². The van der Waals surface area contributed by atoms with E-state index in [1.807, 2.05) is 6.92 Å². The molecule has 0 rings (SSSR count). The minimum absolute atomic E-state index is 0.223. The molecule has 5 heteroatoms. The molecule has 0 spiro atoms. The summed E-state index contributed by atoms with van der Waals surface area (Å²) in [4.78, 5) is 11.3. The molecule has 2 unspecified atom stereocenters. The summed E-state index contributed by atoms with van der Waals surface area (Å²) in [6.45, 7) is 7.03. The van der Waals surface area contributed by atoms with Crippen molar-refractivity contribution in [2.24, 2.45) is 0 Å². The fraction of sp³-hybridized carbons (Fsp3) is 0.923. The number of esters is 1. The molecule has 0 amide bonds. The lowest BCUT2D eigenvalue weighted by Gasteiger charge is -2.04. The topological polar surface area (TPSA) is 52.6 Å². The van der Waals surface area contributed by atoms with E-state index in [0.717, 1.165) is 25.7 Å². The van der Waals surface area contributed by atoms with Gasteiger partial charge in [-0.25, -0.2) is 0 Å². The second kappa shape index (κ2) is 11.6. The Balaban J connectivity index is 3.64. The largest absolute Gasteiger partial charge is 0.466 e. The van der Waals surface area contributed by atoms with Gasteiger partial charge in [0.2, 0.25) is 0 Å². The average Bonchev–Trinajstić information content (AvgIpc) is 2.36. The van der Waals surface area contributed by atoms with E-state index in [1.54, 1.807) is 6.92 Å². The monoisotopic (exact) mass is 277 g/mol. The number of hydrogen-bond acceptors (Lipinski definition) is 4. The molecule has 106 valence electrons. The van der Waals surface area contributed by atoms with Gasteiger partial charge in [0.25, 0.3) is 5.85 Å². The summed E-state index contributed by atoms with van der Waals surface area (Å²) in [5.74, 6) is -0.525. The van der Waals surface area contributed by atoms with Gasteiger partial charge in [0.05, 0.1) is 19.6 Å². The normalized spacial score (nSPS) is 13.2. The first kappa shape index (κ1) is 17.5. The second-order valence-corrected chi connectivity index (χ2v) is 6.30. The zero-order valence-electron chi connectivity index (χ0n) is 11.8. The third-order valence-corrected chi connectivity index (χ3v) is 4.18. The van der Waals surface area contributed by atoms with E-state index >= 15 is 0 Å². The van der Waals surface area contributed by atoms with Crippen molar-refractivity contribution in [1.29, 1.82) is 0 Å². The highest BCUT2D eigenvalue weighted by molar-refractivity contribution is 7.45. The van der Waals surface area contributed by atoms with Gasteiger partial charge < -0.3 is 9.47 Å². The SMILES string of the molecule is CCCCOC(=O)CC[P+](=O)C(C)OCCCC. The molecule has 2 atom stereocenters. The summed E-state index contributed by atoms with van der Waals surface area (Å²) in [6.07, 6.45) is 4.51. The second-order valence-electron chi connectivity index (χ2n) is 4.29. The van der Waals surface area contributed by atoms with Crippen LogP contribution in [0.3, 0.4) is 0 Å². The molecule has 0 saturated carbocycles. The van der Waals surface area contributed by atoms with Crippen molar-refractivity contribution in [3.05, 3.63) is 0 Å². The molecule has 0 fully saturated rings. The highest BCUT2D eigenvalue weighted by atomic mass is 31.1. The first-order valence-corrected chi connectivity index (χ1v) is 8.34. The van der Waals surface area contributed by atoms with Gasteiger partial charge >= 0.3 is 13.8 Å². The number of carbonyl (C=O) groups excluding carboxylic acids is 1. The van der Waals surface area contributed by atoms with Crippen LogP contribution in [0.5, 0.6) is 0 Å². The molecule has 18 heavy (non-hydrogen) atoms. The van der Waals surface area contributed by atoms with Crippen LogP contribution in [0.15, 0.2) is 0 Å². The van der Waals surface area contributed by atoms with Crippen molar-refractivity contribution in [2.75, 3.05) is 19.4 Å². The van der Waals surface area contributed by atoms with Crippen molar-refractivity contribution in [2.45, 2.75) is 58.7 Å². The molecule has 0 aliphatic heterocycles. The first-order valence-electron chi connectivity index (χ1n) is 6.82. The van der Waals surface area contributed by atoms with Crippen molar-refractivity contribution in [3.8, 4) is 0 Å². The molecular formula is C13H26O4P+. The maximum atomic E-state index is 11.8. The first-order chi connectivity index (χ1) is 8.61. The molecule has 4 nitrogen and oxygen atoms in total. The lowest BCUT2D eigenvalue weighted by atomic mass is 10.4. The van der Waals surface area contributed by atoms with E-state index in [4.69, 9.17) is 9.47 Å². The molecule has 0 aliphatic carbocycles. The van der Waals surface area contributed by atoms with E-state index in [0.29, 0.717) is 19.4 Å². The van der Waals surface area contributed by atoms with Crippen LogP contribution < -0.4 is 0 Å². The minimum atomic E-state index is -1.48. The summed E-state index contributed by atoms with van der Waals surface area (Å²) >= 11 is 0. The van der Waals surface area contributed by atoms with Crippen molar-refractivity contribution >= 4 is 13.8 Å². The van der Waals surface area contributed by atoms with Crippen molar-refractivity contribution in [1.82, 2.24) is 0 Å². The van der Waals surface area contributed by atoms with E-state index in [-0.39, 0.29) is 18.2 Å². The fourth-order valence-electron chi connectivity index (χ4n) is 1.27. The Morgan fingerprint density at radius 2 is 1.78 bits per heavy atom. The molecule has 0 aromatic heterocycles. The standard InChI is InChI=1S/C13H26O4P/c1-4-6-9-16-12(3)18(15)11-8-13(14)17-10-7-5-2/h12H,4-11H2,1-3H3/q+1. The lowest BCUT2D eigenvalue weighted by molar-refractivity contribution is -0.143. The van der Waals surface area contributed by atoms with Gasteiger partial charge in [0.15, 0.2) is 6.16 Å². The van der Waals surface area contributed by atoms with E-state index in [1.165, 1.54) is 0 Å². The Morgan fingerprint density at radius 3 is 2.39 bits per heavy atom. The van der Waals surface area contributed by atoms with Gasteiger partial charge in [0, 0.05) is 6.92 Å². The Labute approximate surface area is 111 Å². The quantitative estimate of drug-likeness (QED) is 0.328. The summed E-state index contributed by atoms with van der Waals surface area (Å²) in [5.41, 5.74) is 0. The molecule has 0 bridgehead atoms. The van der Waals surface area contributed by atoms with Gasteiger partial charge in [-0.2, -0.15) is 0 Å².